The first kappa shape index (κ1) is 13.2. The van der Waals surface area contributed by atoms with Crippen LogP contribution < -0.4 is 10.2 Å². The number of fused-ring (bicyclic) bond motifs is 1. The van der Waals surface area contributed by atoms with Gasteiger partial charge in [-0.1, -0.05) is 12.1 Å². The molecule has 0 saturated heterocycles. The van der Waals surface area contributed by atoms with E-state index in [0.29, 0.717) is 22.5 Å². The maximum Gasteiger partial charge on any atom is 0.259 e. The predicted octanol–water partition coefficient (Wildman–Crippen LogP) is 2.30. The van der Waals surface area contributed by atoms with Gasteiger partial charge in [0.1, 0.15) is 12.3 Å². The van der Waals surface area contributed by atoms with Crippen molar-refractivity contribution in [2.24, 2.45) is 0 Å². The topological polar surface area (TPSA) is 69.6 Å². The minimum atomic E-state index is -0.255. The molecule has 0 radical (unpaired) electrons. The fourth-order valence-corrected chi connectivity index (χ4v) is 2.45. The number of anilines is 2. The normalized spacial score (nSPS) is 13.6. The van der Waals surface area contributed by atoms with Crippen LogP contribution in [0.5, 0.6) is 5.75 Å². The summed E-state index contributed by atoms with van der Waals surface area (Å²) in [5, 5.41) is 12.2. The first-order chi connectivity index (χ1) is 10.1. The zero-order valence-corrected chi connectivity index (χ0v) is 11.5. The van der Waals surface area contributed by atoms with Crippen molar-refractivity contribution in [2.45, 2.75) is 6.92 Å². The van der Waals surface area contributed by atoms with Gasteiger partial charge in [0.25, 0.3) is 5.91 Å². The molecule has 21 heavy (non-hydrogen) atoms. The second-order valence-corrected chi connectivity index (χ2v) is 4.96. The number of carbonyl (C=O) groups excluding carboxylic acids is 2. The molecule has 5 nitrogen and oxygen atoms in total. The van der Waals surface area contributed by atoms with E-state index in [2.05, 4.69) is 5.32 Å². The molecule has 0 fully saturated rings. The van der Waals surface area contributed by atoms with Crippen molar-refractivity contribution in [1.82, 2.24) is 0 Å². The quantitative estimate of drug-likeness (QED) is 0.843. The average Bonchev–Trinajstić information content (AvgIpc) is 2.45. The number of para-hydroxylation sites is 2. The average molecular weight is 282 g/mol. The van der Waals surface area contributed by atoms with Gasteiger partial charge in [0.2, 0.25) is 5.91 Å². The number of aryl methyl sites for hydroxylation is 1. The third-order valence-electron chi connectivity index (χ3n) is 3.46. The van der Waals surface area contributed by atoms with Crippen LogP contribution in [0.1, 0.15) is 15.9 Å². The first-order valence-electron chi connectivity index (χ1n) is 6.56. The summed E-state index contributed by atoms with van der Waals surface area (Å²) in [7, 11) is 0. The SMILES string of the molecule is Cc1cc(O)ccc1C(=O)N1CC(=O)Nc2ccccc21. The molecule has 0 atom stereocenters. The Balaban J connectivity index is 2.04. The molecule has 2 aromatic carbocycles. The highest BCUT2D eigenvalue weighted by Gasteiger charge is 2.28. The molecule has 0 aliphatic carbocycles. The number of hydrogen-bond donors (Lipinski definition) is 2. The Kier molecular flexibility index (Phi) is 3.10. The molecule has 2 amide bonds. The van der Waals surface area contributed by atoms with Gasteiger partial charge in [-0.05, 0) is 42.8 Å². The van der Waals surface area contributed by atoms with E-state index in [1.165, 1.54) is 17.0 Å². The number of carbonyl (C=O) groups is 2. The number of phenols is 1. The van der Waals surface area contributed by atoms with Gasteiger partial charge in [-0.2, -0.15) is 0 Å². The van der Waals surface area contributed by atoms with Crippen LogP contribution in [0.3, 0.4) is 0 Å². The first-order valence-corrected chi connectivity index (χ1v) is 6.56. The van der Waals surface area contributed by atoms with E-state index in [-0.39, 0.29) is 24.1 Å². The van der Waals surface area contributed by atoms with Crippen LogP contribution in [-0.2, 0) is 4.79 Å². The fraction of sp³-hybridized carbons (Fsp3) is 0.125. The molecule has 1 heterocycles. The highest BCUT2D eigenvalue weighted by Crippen LogP contribution is 2.30. The number of phenolic OH excluding ortho intramolecular Hbond substituents is 1. The fourth-order valence-electron chi connectivity index (χ4n) is 2.45. The second-order valence-electron chi connectivity index (χ2n) is 4.96. The van der Waals surface area contributed by atoms with Crippen LogP contribution >= 0.6 is 0 Å². The number of nitrogens with zero attached hydrogens (tertiary/aromatic N) is 1. The molecule has 1 aliphatic heterocycles. The van der Waals surface area contributed by atoms with Gasteiger partial charge in [0, 0.05) is 5.56 Å². The number of hydrogen-bond acceptors (Lipinski definition) is 3. The Labute approximate surface area is 121 Å². The van der Waals surface area contributed by atoms with Crippen molar-refractivity contribution in [3.05, 3.63) is 53.6 Å². The van der Waals surface area contributed by atoms with Crippen LogP contribution in [0.25, 0.3) is 0 Å². The van der Waals surface area contributed by atoms with Crippen molar-refractivity contribution in [2.75, 3.05) is 16.8 Å². The van der Waals surface area contributed by atoms with E-state index >= 15 is 0 Å². The largest absolute Gasteiger partial charge is 0.508 e. The molecule has 0 bridgehead atoms. The lowest BCUT2D eigenvalue weighted by Gasteiger charge is -2.29. The van der Waals surface area contributed by atoms with E-state index in [9.17, 15) is 14.7 Å². The zero-order chi connectivity index (χ0) is 15.0. The highest BCUT2D eigenvalue weighted by atomic mass is 16.3. The van der Waals surface area contributed by atoms with Crippen LogP contribution in [0.2, 0.25) is 0 Å². The summed E-state index contributed by atoms with van der Waals surface area (Å²) >= 11 is 0. The van der Waals surface area contributed by atoms with Crippen LogP contribution in [0.4, 0.5) is 11.4 Å². The Morgan fingerprint density at radius 3 is 2.76 bits per heavy atom. The summed E-state index contributed by atoms with van der Waals surface area (Å²) < 4.78 is 0. The Morgan fingerprint density at radius 2 is 2.00 bits per heavy atom. The zero-order valence-electron chi connectivity index (χ0n) is 11.5. The number of aromatic hydroxyl groups is 1. The van der Waals surface area contributed by atoms with Crippen LogP contribution in [0, 0.1) is 6.92 Å². The molecule has 3 rings (SSSR count). The summed E-state index contributed by atoms with van der Waals surface area (Å²) in [4.78, 5) is 25.9. The number of rotatable bonds is 1. The molecule has 5 heteroatoms. The van der Waals surface area contributed by atoms with E-state index in [1.54, 1.807) is 31.2 Å². The minimum absolute atomic E-state index is 0.0177. The van der Waals surface area contributed by atoms with E-state index in [4.69, 9.17) is 0 Å². The lowest BCUT2D eigenvalue weighted by atomic mass is 10.1. The second kappa shape index (κ2) is 4.94. The molecule has 2 aromatic rings. The summed E-state index contributed by atoms with van der Waals surface area (Å²) in [6.45, 7) is 1.74. The van der Waals surface area contributed by atoms with E-state index in [0.717, 1.165) is 0 Å². The Bertz CT molecular complexity index is 740. The molecule has 0 spiro atoms. The minimum Gasteiger partial charge on any atom is -0.508 e. The van der Waals surface area contributed by atoms with Gasteiger partial charge in [-0.15, -0.1) is 0 Å². The van der Waals surface area contributed by atoms with Gasteiger partial charge in [0.05, 0.1) is 11.4 Å². The Morgan fingerprint density at radius 1 is 1.24 bits per heavy atom. The molecule has 106 valence electrons. The molecule has 1 aliphatic rings. The molecule has 0 unspecified atom stereocenters. The van der Waals surface area contributed by atoms with E-state index < -0.39 is 0 Å². The molecule has 0 saturated carbocycles. The molecular weight excluding hydrogens is 268 g/mol. The Hall–Kier alpha value is -2.82. The number of amides is 2. The van der Waals surface area contributed by atoms with Crippen LogP contribution in [0.15, 0.2) is 42.5 Å². The smallest absolute Gasteiger partial charge is 0.259 e. The van der Waals surface area contributed by atoms with Gasteiger partial charge in [0.15, 0.2) is 0 Å². The summed E-state index contributed by atoms with van der Waals surface area (Å²) in [5.74, 6) is -0.367. The number of nitrogens with one attached hydrogen (secondary N) is 1. The standard InChI is InChI=1S/C16H14N2O3/c1-10-8-11(19)6-7-12(10)16(21)18-9-15(20)17-13-4-2-3-5-14(13)18/h2-8,19H,9H2,1H3,(H,17,20). The van der Waals surface area contributed by atoms with Crippen LogP contribution in [-0.4, -0.2) is 23.5 Å². The highest BCUT2D eigenvalue weighted by molar-refractivity contribution is 6.15. The lowest BCUT2D eigenvalue weighted by Crippen LogP contribution is -2.42. The van der Waals surface area contributed by atoms with Gasteiger partial charge in [-0.25, -0.2) is 0 Å². The van der Waals surface area contributed by atoms with Gasteiger partial charge >= 0.3 is 0 Å². The van der Waals surface area contributed by atoms with Crippen molar-refractivity contribution in [3.8, 4) is 5.75 Å². The molecule has 0 aromatic heterocycles. The van der Waals surface area contributed by atoms with Crippen molar-refractivity contribution in [1.29, 1.82) is 0 Å². The number of benzene rings is 2. The maximum atomic E-state index is 12.7. The third kappa shape index (κ3) is 2.33. The summed E-state index contributed by atoms with van der Waals surface area (Å²) in [6.07, 6.45) is 0. The summed E-state index contributed by atoms with van der Waals surface area (Å²) in [6, 6.07) is 11.7. The van der Waals surface area contributed by atoms with Crippen molar-refractivity contribution < 1.29 is 14.7 Å². The van der Waals surface area contributed by atoms with Gasteiger partial charge in [-0.3, -0.25) is 14.5 Å². The van der Waals surface area contributed by atoms with Crippen molar-refractivity contribution >= 4 is 23.2 Å². The van der Waals surface area contributed by atoms with E-state index in [1.807, 2.05) is 6.07 Å². The van der Waals surface area contributed by atoms with Crippen molar-refractivity contribution in [3.63, 3.8) is 0 Å². The van der Waals surface area contributed by atoms with Gasteiger partial charge < -0.3 is 10.4 Å². The monoisotopic (exact) mass is 282 g/mol. The molecule has 2 N–H and O–H groups in total. The maximum absolute atomic E-state index is 12.7. The summed E-state index contributed by atoms with van der Waals surface area (Å²) in [5.41, 5.74) is 2.44. The molecular formula is C16H14N2O3. The lowest BCUT2D eigenvalue weighted by molar-refractivity contribution is -0.115. The third-order valence-corrected chi connectivity index (χ3v) is 3.46. The predicted molar refractivity (Wildman–Crippen MR) is 79.6 cm³/mol.